The molecule has 0 fully saturated rings. The number of benzene rings is 1. The van der Waals surface area contributed by atoms with Gasteiger partial charge in [-0.2, -0.15) is 0 Å². The molecule has 3 N–H and O–H groups in total. The first-order chi connectivity index (χ1) is 9.21. The standard InChI is InChI=1S/C14H23N3O2/c1-4-8-16-14(15)17-9-7-11-5-6-12(18-2)13(10-11)19-3/h5-6,10H,4,7-9H2,1-3H3,(H3,15,16,17). The van der Waals surface area contributed by atoms with E-state index in [1.165, 1.54) is 0 Å². The van der Waals surface area contributed by atoms with Gasteiger partial charge >= 0.3 is 0 Å². The zero-order valence-electron chi connectivity index (χ0n) is 11.9. The van der Waals surface area contributed by atoms with E-state index in [1.54, 1.807) is 14.2 Å². The average Bonchev–Trinajstić information content (AvgIpc) is 2.44. The molecular formula is C14H23N3O2. The lowest BCUT2D eigenvalue weighted by Gasteiger charge is -2.10. The van der Waals surface area contributed by atoms with E-state index in [0.29, 0.717) is 5.96 Å². The van der Waals surface area contributed by atoms with Crippen LogP contribution in [0.15, 0.2) is 23.2 Å². The summed E-state index contributed by atoms with van der Waals surface area (Å²) in [5.74, 6) is 1.98. The highest BCUT2D eigenvalue weighted by atomic mass is 16.5. The number of aliphatic imine (C=N–C) groups is 1. The largest absolute Gasteiger partial charge is 0.493 e. The number of ether oxygens (including phenoxy) is 2. The molecule has 19 heavy (non-hydrogen) atoms. The normalized spacial score (nSPS) is 11.2. The molecule has 1 aromatic carbocycles. The van der Waals surface area contributed by atoms with E-state index in [0.717, 1.165) is 43.0 Å². The molecule has 0 radical (unpaired) electrons. The molecule has 0 bridgehead atoms. The first kappa shape index (κ1) is 15.1. The summed E-state index contributed by atoms with van der Waals surface area (Å²) in [7, 11) is 3.26. The van der Waals surface area contributed by atoms with Crippen LogP contribution in [0.1, 0.15) is 18.9 Å². The lowest BCUT2D eigenvalue weighted by molar-refractivity contribution is 0.354. The molecule has 5 heteroatoms. The molecule has 0 saturated heterocycles. The second-order valence-corrected chi connectivity index (χ2v) is 4.13. The van der Waals surface area contributed by atoms with Crippen molar-refractivity contribution in [3.05, 3.63) is 23.8 Å². The molecule has 0 saturated carbocycles. The zero-order chi connectivity index (χ0) is 14.1. The highest BCUT2D eigenvalue weighted by Gasteiger charge is 2.04. The topological polar surface area (TPSA) is 68.9 Å². The van der Waals surface area contributed by atoms with Crippen molar-refractivity contribution in [1.29, 1.82) is 0 Å². The minimum atomic E-state index is 0.502. The van der Waals surface area contributed by atoms with Gasteiger partial charge in [0.15, 0.2) is 17.5 Å². The Labute approximate surface area is 114 Å². The fourth-order valence-corrected chi connectivity index (χ4v) is 1.66. The van der Waals surface area contributed by atoms with Crippen molar-refractivity contribution in [3.63, 3.8) is 0 Å². The third-order valence-electron chi connectivity index (χ3n) is 2.67. The number of nitrogens with two attached hydrogens (primary N) is 1. The summed E-state index contributed by atoms with van der Waals surface area (Å²) in [4.78, 5) is 4.17. The Morgan fingerprint density at radius 1 is 1.26 bits per heavy atom. The van der Waals surface area contributed by atoms with Gasteiger partial charge in [0, 0.05) is 13.1 Å². The van der Waals surface area contributed by atoms with E-state index >= 15 is 0 Å². The number of hydrogen-bond acceptors (Lipinski definition) is 3. The maximum atomic E-state index is 5.72. The van der Waals surface area contributed by atoms with E-state index in [4.69, 9.17) is 15.2 Å². The molecule has 0 amide bonds. The molecule has 0 atom stereocenters. The minimum Gasteiger partial charge on any atom is -0.493 e. The van der Waals surface area contributed by atoms with Gasteiger partial charge < -0.3 is 20.5 Å². The van der Waals surface area contributed by atoms with Crippen LogP contribution in [0.4, 0.5) is 0 Å². The molecule has 0 heterocycles. The summed E-state index contributed by atoms with van der Waals surface area (Å²) in [6.07, 6.45) is 1.85. The fourth-order valence-electron chi connectivity index (χ4n) is 1.66. The monoisotopic (exact) mass is 265 g/mol. The van der Waals surface area contributed by atoms with Gasteiger partial charge in [-0.15, -0.1) is 0 Å². The second-order valence-electron chi connectivity index (χ2n) is 4.13. The van der Waals surface area contributed by atoms with Crippen LogP contribution >= 0.6 is 0 Å². The summed E-state index contributed by atoms with van der Waals surface area (Å²) in [5.41, 5.74) is 6.88. The molecular weight excluding hydrogens is 242 g/mol. The van der Waals surface area contributed by atoms with Gasteiger partial charge in [-0.25, -0.2) is 0 Å². The molecule has 1 aromatic rings. The molecule has 0 spiro atoms. The highest BCUT2D eigenvalue weighted by Crippen LogP contribution is 2.27. The van der Waals surface area contributed by atoms with E-state index < -0.39 is 0 Å². The van der Waals surface area contributed by atoms with Gasteiger partial charge in [-0.1, -0.05) is 13.0 Å². The Morgan fingerprint density at radius 2 is 2.00 bits per heavy atom. The Morgan fingerprint density at radius 3 is 2.63 bits per heavy atom. The lowest BCUT2D eigenvalue weighted by Crippen LogP contribution is -2.33. The van der Waals surface area contributed by atoms with Crippen LogP contribution in [0.3, 0.4) is 0 Å². The second kappa shape index (κ2) is 8.24. The number of nitrogens with zero attached hydrogens (tertiary/aromatic N) is 1. The Kier molecular flexibility index (Phi) is 6.57. The van der Waals surface area contributed by atoms with Crippen LogP contribution in [0.5, 0.6) is 11.5 Å². The van der Waals surface area contributed by atoms with Gasteiger partial charge in [0.05, 0.1) is 14.2 Å². The van der Waals surface area contributed by atoms with Crippen LogP contribution in [-0.4, -0.2) is 33.3 Å². The number of guanidine groups is 1. The smallest absolute Gasteiger partial charge is 0.188 e. The average molecular weight is 265 g/mol. The SMILES string of the molecule is CCCN=C(N)NCCc1ccc(OC)c(OC)c1. The maximum Gasteiger partial charge on any atom is 0.188 e. The minimum absolute atomic E-state index is 0.502. The lowest BCUT2D eigenvalue weighted by atomic mass is 10.1. The van der Waals surface area contributed by atoms with Gasteiger partial charge in [-0.3, -0.25) is 4.99 Å². The number of hydrogen-bond donors (Lipinski definition) is 2. The van der Waals surface area contributed by atoms with Gasteiger partial charge in [0.2, 0.25) is 0 Å². The summed E-state index contributed by atoms with van der Waals surface area (Å²) < 4.78 is 10.5. The quantitative estimate of drug-likeness (QED) is 0.580. The molecule has 106 valence electrons. The first-order valence-electron chi connectivity index (χ1n) is 6.46. The van der Waals surface area contributed by atoms with Crippen molar-refractivity contribution in [1.82, 2.24) is 5.32 Å². The van der Waals surface area contributed by atoms with Gasteiger partial charge in [0.25, 0.3) is 0 Å². The number of rotatable bonds is 7. The molecule has 0 aliphatic rings. The Bertz CT molecular complexity index is 419. The third-order valence-corrected chi connectivity index (χ3v) is 2.67. The summed E-state index contributed by atoms with van der Waals surface area (Å²) in [6, 6.07) is 5.89. The molecule has 1 rings (SSSR count). The number of methoxy groups -OCH3 is 2. The van der Waals surface area contributed by atoms with Gasteiger partial charge in [-0.05, 0) is 30.5 Å². The number of nitrogens with one attached hydrogen (secondary N) is 1. The van der Waals surface area contributed by atoms with Crippen molar-refractivity contribution in [2.45, 2.75) is 19.8 Å². The molecule has 0 aliphatic carbocycles. The molecule has 0 aliphatic heterocycles. The van der Waals surface area contributed by atoms with Crippen LogP contribution < -0.4 is 20.5 Å². The van der Waals surface area contributed by atoms with Crippen molar-refractivity contribution < 1.29 is 9.47 Å². The predicted molar refractivity (Wildman–Crippen MR) is 78.0 cm³/mol. The van der Waals surface area contributed by atoms with Crippen molar-refractivity contribution >= 4 is 5.96 Å². The summed E-state index contributed by atoms with van der Waals surface area (Å²) in [5, 5.41) is 3.09. The van der Waals surface area contributed by atoms with Crippen LogP contribution in [0.2, 0.25) is 0 Å². The summed E-state index contributed by atoms with van der Waals surface area (Å²) in [6.45, 7) is 3.57. The van der Waals surface area contributed by atoms with Crippen LogP contribution in [0, 0.1) is 0 Å². The van der Waals surface area contributed by atoms with Crippen LogP contribution in [-0.2, 0) is 6.42 Å². The summed E-state index contributed by atoms with van der Waals surface area (Å²) >= 11 is 0. The van der Waals surface area contributed by atoms with E-state index in [-0.39, 0.29) is 0 Å². The predicted octanol–water partition coefficient (Wildman–Crippen LogP) is 1.56. The zero-order valence-corrected chi connectivity index (χ0v) is 11.9. The Balaban J connectivity index is 2.49. The van der Waals surface area contributed by atoms with Gasteiger partial charge in [0.1, 0.15) is 0 Å². The molecule has 0 unspecified atom stereocenters. The maximum absolute atomic E-state index is 5.72. The first-order valence-corrected chi connectivity index (χ1v) is 6.46. The Hall–Kier alpha value is -1.91. The van der Waals surface area contributed by atoms with E-state index in [9.17, 15) is 0 Å². The molecule has 5 nitrogen and oxygen atoms in total. The fraction of sp³-hybridized carbons (Fsp3) is 0.500. The highest BCUT2D eigenvalue weighted by molar-refractivity contribution is 5.77. The third kappa shape index (κ3) is 5.07. The van der Waals surface area contributed by atoms with Crippen molar-refractivity contribution in [2.75, 3.05) is 27.3 Å². The van der Waals surface area contributed by atoms with Crippen molar-refractivity contribution in [3.8, 4) is 11.5 Å². The van der Waals surface area contributed by atoms with Crippen LogP contribution in [0.25, 0.3) is 0 Å². The molecule has 0 aromatic heterocycles. The van der Waals surface area contributed by atoms with Crippen molar-refractivity contribution in [2.24, 2.45) is 10.7 Å². The van der Waals surface area contributed by atoms with E-state index in [1.807, 2.05) is 18.2 Å². The van der Waals surface area contributed by atoms with E-state index in [2.05, 4.69) is 17.2 Å².